The molecule has 1 aromatic carbocycles. The number of amides is 1. The Morgan fingerprint density at radius 3 is 2.86 bits per heavy atom. The quantitative estimate of drug-likeness (QED) is 0.947. The molecule has 2 aromatic rings. The highest BCUT2D eigenvalue weighted by Crippen LogP contribution is 2.41. The molecular weight excluding hydrogens is 297 g/mol. The summed E-state index contributed by atoms with van der Waals surface area (Å²) in [6, 6.07) is 5.37. The van der Waals surface area contributed by atoms with Gasteiger partial charge in [0, 0.05) is 5.02 Å². The Balaban J connectivity index is 1.85. The average molecular weight is 310 g/mol. The minimum Gasteiger partial charge on any atom is -0.446 e. The third-order valence-corrected chi connectivity index (χ3v) is 3.84. The fraction of sp³-hybridized carbons (Fsp3) is 0.286. The van der Waals surface area contributed by atoms with Gasteiger partial charge in [-0.15, -0.1) is 0 Å². The summed E-state index contributed by atoms with van der Waals surface area (Å²) < 4.78 is 19.6. The summed E-state index contributed by atoms with van der Waals surface area (Å²) in [4.78, 5) is 10.7. The van der Waals surface area contributed by atoms with Crippen LogP contribution in [0.1, 0.15) is 24.3 Å². The molecule has 0 spiro atoms. The first-order chi connectivity index (χ1) is 10.0. The van der Waals surface area contributed by atoms with Crippen LogP contribution in [0.5, 0.6) is 0 Å². The molecule has 0 aliphatic heterocycles. The van der Waals surface area contributed by atoms with E-state index >= 15 is 0 Å². The second-order valence-electron chi connectivity index (χ2n) is 5.03. The molecule has 5 nitrogen and oxygen atoms in total. The van der Waals surface area contributed by atoms with Crippen LogP contribution in [-0.4, -0.2) is 22.0 Å². The van der Waals surface area contributed by atoms with Gasteiger partial charge in [-0.3, -0.25) is 0 Å². The van der Waals surface area contributed by atoms with Crippen LogP contribution < -0.4 is 5.73 Å². The topological polar surface area (TPSA) is 70.1 Å². The number of carbonyl (C=O) groups is 1. The Kier molecular flexibility index (Phi) is 3.55. The average Bonchev–Trinajstić information content (AvgIpc) is 2.79. The number of halogens is 2. The highest BCUT2D eigenvalue weighted by atomic mass is 35.5. The highest BCUT2D eigenvalue weighted by Gasteiger charge is 2.34. The van der Waals surface area contributed by atoms with Crippen LogP contribution in [0.2, 0.25) is 5.02 Å². The number of aromatic nitrogens is 2. The highest BCUT2D eigenvalue weighted by molar-refractivity contribution is 6.30. The van der Waals surface area contributed by atoms with Crippen LogP contribution in [0.15, 0.2) is 30.6 Å². The second kappa shape index (κ2) is 5.37. The molecule has 110 valence electrons. The summed E-state index contributed by atoms with van der Waals surface area (Å²) in [7, 11) is 0. The molecule has 0 bridgehead atoms. The van der Waals surface area contributed by atoms with E-state index in [9.17, 15) is 9.18 Å². The van der Waals surface area contributed by atoms with Crippen molar-refractivity contribution < 1.29 is 13.9 Å². The van der Waals surface area contributed by atoms with Crippen molar-refractivity contribution in [3.63, 3.8) is 0 Å². The van der Waals surface area contributed by atoms with Gasteiger partial charge in [0.25, 0.3) is 0 Å². The van der Waals surface area contributed by atoms with Gasteiger partial charge in [-0.2, -0.15) is 5.10 Å². The van der Waals surface area contributed by atoms with Crippen LogP contribution in [0.25, 0.3) is 5.69 Å². The summed E-state index contributed by atoms with van der Waals surface area (Å²) in [5.74, 6) is -0.227. The summed E-state index contributed by atoms with van der Waals surface area (Å²) in [6.45, 7) is 0. The van der Waals surface area contributed by atoms with Gasteiger partial charge >= 0.3 is 6.09 Å². The zero-order valence-electron chi connectivity index (χ0n) is 11.0. The summed E-state index contributed by atoms with van der Waals surface area (Å²) in [5, 5.41) is 4.58. The zero-order chi connectivity index (χ0) is 15.0. The molecule has 1 aromatic heterocycles. The molecule has 3 rings (SSSR count). The van der Waals surface area contributed by atoms with E-state index in [-0.39, 0.29) is 12.0 Å². The lowest BCUT2D eigenvalue weighted by Gasteiger charge is -2.35. The molecule has 1 saturated carbocycles. The van der Waals surface area contributed by atoms with E-state index in [2.05, 4.69) is 5.10 Å². The molecule has 1 aliphatic rings. The van der Waals surface area contributed by atoms with Crippen molar-refractivity contribution in [2.75, 3.05) is 0 Å². The molecule has 0 saturated heterocycles. The van der Waals surface area contributed by atoms with Gasteiger partial charge in [-0.1, -0.05) is 11.6 Å². The van der Waals surface area contributed by atoms with E-state index in [1.807, 2.05) is 6.07 Å². The van der Waals surface area contributed by atoms with E-state index in [4.69, 9.17) is 22.1 Å². The second-order valence-corrected chi connectivity index (χ2v) is 5.47. The van der Waals surface area contributed by atoms with Crippen molar-refractivity contribution in [3.8, 4) is 5.69 Å². The van der Waals surface area contributed by atoms with Crippen LogP contribution in [0, 0.1) is 5.82 Å². The molecule has 0 unspecified atom stereocenters. The molecule has 7 heteroatoms. The Bertz CT molecular complexity index is 683. The number of hydrogen-bond acceptors (Lipinski definition) is 3. The lowest BCUT2D eigenvalue weighted by atomic mass is 9.77. The summed E-state index contributed by atoms with van der Waals surface area (Å²) >= 11 is 6.05. The number of nitrogens with two attached hydrogens (primary N) is 1. The smallest absolute Gasteiger partial charge is 0.404 e. The first-order valence-electron chi connectivity index (χ1n) is 6.49. The molecule has 21 heavy (non-hydrogen) atoms. The van der Waals surface area contributed by atoms with Gasteiger partial charge in [0.15, 0.2) is 5.82 Å². The molecule has 1 aliphatic carbocycles. The first kappa shape index (κ1) is 13.9. The maximum absolute atomic E-state index is 13.1. The van der Waals surface area contributed by atoms with Gasteiger partial charge in [-0.25, -0.2) is 13.9 Å². The van der Waals surface area contributed by atoms with Crippen LogP contribution in [-0.2, 0) is 4.74 Å². The third kappa shape index (κ3) is 2.85. The maximum atomic E-state index is 13.1. The fourth-order valence-electron chi connectivity index (χ4n) is 2.57. The predicted molar refractivity (Wildman–Crippen MR) is 75.0 cm³/mol. The van der Waals surface area contributed by atoms with E-state index in [0.717, 1.165) is 17.4 Å². The first-order valence-corrected chi connectivity index (χ1v) is 6.87. The monoisotopic (exact) mass is 309 g/mol. The zero-order valence-corrected chi connectivity index (χ0v) is 11.8. The number of hydrogen-bond donors (Lipinski definition) is 1. The van der Waals surface area contributed by atoms with Gasteiger partial charge in [0.05, 0.1) is 18.1 Å². The van der Waals surface area contributed by atoms with E-state index < -0.39 is 11.9 Å². The molecule has 1 heterocycles. The Morgan fingerprint density at radius 1 is 1.48 bits per heavy atom. The number of rotatable bonds is 3. The minimum absolute atomic E-state index is 0.173. The Hall–Kier alpha value is -2.08. The van der Waals surface area contributed by atoms with Crippen molar-refractivity contribution in [2.24, 2.45) is 5.73 Å². The molecule has 1 amide bonds. The van der Waals surface area contributed by atoms with E-state index in [1.165, 1.54) is 10.9 Å². The number of ether oxygens (including phenoxy) is 1. The molecular formula is C14H13ClFN3O2. The van der Waals surface area contributed by atoms with E-state index in [1.54, 1.807) is 12.1 Å². The standard InChI is InChI=1S/C14H13ClFN3O2/c15-9-1-2-13(19-7-10(16)6-18-19)12(5-9)8-3-11(4-8)21-14(17)20/h1-2,5-8,11H,3-4H2,(H2,17,20). The van der Waals surface area contributed by atoms with Gasteiger partial charge < -0.3 is 10.5 Å². The SMILES string of the molecule is NC(=O)OC1CC(c2cc(Cl)ccc2-n2cc(F)cn2)C1. The Labute approximate surface area is 125 Å². The van der Waals surface area contributed by atoms with Crippen molar-refractivity contribution >= 4 is 17.7 Å². The van der Waals surface area contributed by atoms with Gasteiger partial charge in [0.2, 0.25) is 0 Å². The van der Waals surface area contributed by atoms with Gasteiger partial charge in [-0.05, 0) is 42.5 Å². The third-order valence-electron chi connectivity index (χ3n) is 3.60. The largest absolute Gasteiger partial charge is 0.446 e. The maximum Gasteiger partial charge on any atom is 0.404 e. The normalized spacial score (nSPS) is 20.9. The Morgan fingerprint density at radius 2 is 2.24 bits per heavy atom. The fourth-order valence-corrected chi connectivity index (χ4v) is 2.75. The summed E-state index contributed by atoms with van der Waals surface area (Å²) in [5.41, 5.74) is 6.72. The summed E-state index contributed by atoms with van der Waals surface area (Å²) in [6.07, 6.45) is 2.86. The number of carbonyl (C=O) groups excluding carboxylic acids is 1. The lowest BCUT2D eigenvalue weighted by molar-refractivity contribution is 0.0454. The molecule has 0 radical (unpaired) electrons. The minimum atomic E-state index is -0.765. The van der Waals surface area contributed by atoms with Crippen LogP contribution in [0.4, 0.5) is 9.18 Å². The molecule has 1 fully saturated rings. The van der Waals surface area contributed by atoms with Crippen LogP contribution >= 0.6 is 11.6 Å². The number of primary amides is 1. The van der Waals surface area contributed by atoms with Gasteiger partial charge in [0.1, 0.15) is 6.10 Å². The predicted octanol–water partition coefficient (Wildman–Crippen LogP) is 3.01. The van der Waals surface area contributed by atoms with Crippen LogP contribution in [0.3, 0.4) is 0 Å². The van der Waals surface area contributed by atoms with Crippen molar-refractivity contribution in [2.45, 2.75) is 24.9 Å². The number of nitrogens with zero attached hydrogens (tertiary/aromatic N) is 2. The van der Waals surface area contributed by atoms with Crippen molar-refractivity contribution in [1.82, 2.24) is 9.78 Å². The number of benzene rings is 1. The van der Waals surface area contributed by atoms with Crippen molar-refractivity contribution in [3.05, 3.63) is 47.0 Å². The molecule has 0 atom stereocenters. The lowest BCUT2D eigenvalue weighted by Crippen LogP contribution is -2.34. The van der Waals surface area contributed by atoms with E-state index in [0.29, 0.717) is 17.9 Å². The van der Waals surface area contributed by atoms with Crippen molar-refractivity contribution in [1.29, 1.82) is 0 Å². The molecule has 2 N–H and O–H groups in total.